The molecule has 0 aromatic heterocycles. The Bertz CT molecular complexity index is 432. The number of ether oxygens (including phenoxy) is 3. The lowest BCUT2D eigenvalue weighted by Crippen LogP contribution is -2.25. The van der Waals surface area contributed by atoms with Crippen molar-refractivity contribution in [2.45, 2.75) is 45.8 Å². The maximum absolute atomic E-state index is 5.98. The standard InChI is InChI=1S/C17H29NO3/c1-7-18-13(2)16-14(19-5)9-8-10-15(16)21-12-11-17(3,4)20-6/h8-10,13,18H,7,11-12H2,1-6H3. The van der Waals surface area contributed by atoms with Crippen molar-refractivity contribution in [3.63, 3.8) is 0 Å². The van der Waals surface area contributed by atoms with Gasteiger partial charge in [-0.25, -0.2) is 0 Å². The smallest absolute Gasteiger partial charge is 0.127 e. The van der Waals surface area contributed by atoms with Gasteiger partial charge in [-0.1, -0.05) is 13.0 Å². The van der Waals surface area contributed by atoms with Crippen molar-refractivity contribution in [1.29, 1.82) is 0 Å². The molecule has 0 bridgehead atoms. The van der Waals surface area contributed by atoms with Crippen LogP contribution in [-0.2, 0) is 4.74 Å². The Morgan fingerprint density at radius 2 is 1.86 bits per heavy atom. The number of hydrogen-bond acceptors (Lipinski definition) is 4. The molecule has 1 aromatic carbocycles. The van der Waals surface area contributed by atoms with Crippen LogP contribution >= 0.6 is 0 Å². The minimum atomic E-state index is -0.174. The molecule has 0 fully saturated rings. The van der Waals surface area contributed by atoms with Crippen LogP contribution in [0.1, 0.15) is 45.7 Å². The molecule has 120 valence electrons. The first kappa shape index (κ1) is 17.8. The molecule has 4 heteroatoms. The van der Waals surface area contributed by atoms with Crippen LogP contribution in [0.15, 0.2) is 18.2 Å². The van der Waals surface area contributed by atoms with Crippen LogP contribution in [0.4, 0.5) is 0 Å². The van der Waals surface area contributed by atoms with E-state index in [0.717, 1.165) is 30.0 Å². The second-order valence-electron chi connectivity index (χ2n) is 5.71. The highest BCUT2D eigenvalue weighted by molar-refractivity contribution is 5.46. The third-order valence-corrected chi connectivity index (χ3v) is 3.70. The maximum atomic E-state index is 5.98. The first-order valence-corrected chi connectivity index (χ1v) is 7.53. The number of nitrogens with one attached hydrogen (secondary N) is 1. The Labute approximate surface area is 128 Å². The molecule has 0 saturated heterocycles. The van der Waals surface area contributed by atoms with Crippen molar-refractivity contribution in [2.75, 3.05) is 27.4 Å². The Morgan fingerprint density at radius 1 is 1.19 bits per heavy atom. The summed E-state index contributed by atoms with van der Waals surface area (Å²) in [5.74, 6) is 1.72. The monoisotopic (exact) mass is 295 g/mol. The molecule has 1 N–H and O–H groups in total. The minimum Gasteiger partial charge on any atom is -0.496 e. The third-order valence-electron chi connectivity index (χ3n) is 3.70. The van der Waals surface area contributed by atoms with E-state index in [1.54, 1.807) is 14.2 Å². The van der Waals surface area contributed by atoms with Gasteiger partial charge in [0.05, 0.1) is 24.9 Å². The summed E-state index contributed by atoms with van der Waals surface area (Å²) >= 11 is 0. The van der Waals surface area contributed by atoms with E-state index in [0.29, 0.717) is 6.61 Å². The minimum absolute atomic E-state index is 0.174. The van der Waals surface area contributed by atoms with E-state index in [1.807, 2.05) is 18.2 Å². The SMILES string of the molecule is CCNC(C)c1c(OC)cccc1OCCC(C)(C)OC. The summed E-state index contributed by atoms with van der Waals surface area (Å²) in [7, 11) is 3.42. The number of benzene rings is 1. The molecule has 1 unspecified atom stereocenters. The molecule has 1 rings (SSSR count). The predicted molar refractivity (Wildman–Crippen MR) is 86.3 cm³/mol. The molecule has 1 aromatic rings. The number of methoxy groups -OCH3 is 2. The van der Waals surface area contributed by atoms with Crippen molar-refractivity contribution < 1.29 is 14.2 Å². The van der Waals surface area contributed by atoms with Crippen LogP contribution in [0.5, 0.6) is 11.5 Å². The Balaban J connectivity index is 2.86. The van der Waals surface area contributed by atoms with Gasteiger partial charge in [0, 0.05) is 19.6 Å². The molecule has 4 nitrogen and oxygen atoms in total. The van der Waals surface area contributed by atoms with Crippen LogP contribution in [0.2, 0.25) is 0 Å². The zero-order valence-corrected chi connectivity index (χ0v) is 14.2. The lowest BCUT2D eigenvalue weighted by Gasteiger charge is -2.24. The number of hydrogen-bond donors (Lipinski definition) is 1. The molecule has 0 saturated carbocycles. The quantitative estimate of drug-likeness (QED) is 0.756. The molecule has 21 heavy (non-hydrogen) atoms. The summed E-state index contributed by atoms with van der Waals surface area (Å²) in [6.07, 6.45) is 0.829. The van der Waals surface area contributed by atoms with Crippen LogP contribution in [0, 0.1) is 0 Å². The molecule has 0 radical (unpaired) electrons. The van der Waals surface area contributed by atoms with E-state index in [4.69, 9.17) is 14.2 Å². The highest BCUT2D eigenvalue weighted by atomic mass is 16.5. The van der Waals surface area contributed by atoms with Gasteiger partial charge in [0.2, 0.25) is 0 Å². The van der Waals surface area contributed by atoms with Gasteiger partial charge in [0.15, 0.2) is 0 Å². The summed E-state index contributed by atoms with van der Waals surface area (Å²) < 4.78 is 16.9. The van der Waals surface area contributed by atoms with Crippen LogP contribution in [-0.4, -0.2) is 33.0 Å². The molecular weight excluding hydrogens is 266 g/mol. The Kier molecular flexibility index (Phi) is 6.99. The molecule has 0 aliphatic rings. The fourth-order valence-electron chi connectivity index (χ4n) is 2.17. The fourth-order valence-corrected chi connectivity index (χ4v) is 2.17. The summed E-state index contributed by atoms with van der Waals surface area (Å²) in [5, 5.41) is 3.41. The molecule has 0 aliphatic carbocycles. The molecule has 1 atom stereocenters. The second-order valence-corrected chi connectivity index (χ2v) is 5.71. The maximum Gasteiger partial charge on any atom is 0.127 e. The zero-order chi connectivity index (χ0) is 15.9. The lowest BCUT2D eigenvalue weighted by molar-refractivity contribution is 0.00533. The average Bonchev–Trinajstić information content (AvgIpc) is 2.47. The van der Waals surface area contributed by atoms with Gasteiger partial charge < -0.3 is 19.5 Å². The Morgan fingerprint density at radius 3 is 2.43 bits per heavy atom. The van der Waals surface area contributed by atoms with Crippen LogP contribution in [0.3, 0.4) is 0 Å². The van der Waals surface area contributed by atoms with Gasteiger partial charge in [-0.3, -0.25) is 0 Å². The van der Waals surface area contributed by atoms with Gasteiger partial charge in [-0.05, 0) is 39.4 Å². The zero-order valence-electron chi connectivity index (χ0n) is 14.2. The van der Waals surface area contributed by atoms with Crippen LogP contribution < -0.4 is 14.8 Å². The first-order valence-electron chi connectivity index (χ1n) is 7.53. The van der Waals surface area contributed by atoms with Gasteiger partial charge >= 0.3 is 0 Å². The normalized spacial score (nSPS) is 13.0. The molecule has 0 amide bonds. The summed E-state index contributed by atoms with van der Waals surface area (Å²) in [6, 6.07) is 6.09. The first-order chi connectivity index (χ1) is 9.95. The van der Waals surface area contributed by atoms with Gasteiger partial charge in [0.25, 0.3) is 0 Å². The van der Waals surface area contributed by atoms with Crippen molar-refractivity contribution in [3.8, 4) is 11.5 Å². The molecule has 0 spiro atoms. The topological polar surface area (TPSA) is 39.7 Å². The lowest BCUT2D eigenvalue weighted by atomic mass is 10.0. The van der Waals surface area contributed by atoms with Gasteiger partial charge in [-0.2, -0.15) is 0 Å². The van der Waals surface area contributed by atoms with E-state index in [2.05, 4.69) is 33.0 Å². The van der Waals surface area contributed by atoms with Crippen molar-refractivity contribution in [2.24, 2.45) is 0 Å². The van der Waals surface area contributed by atoms with E-state index in [9.17, 15) is 0 Å². The largest absolute Gasteiger partial charge is 0.496 e. The molecule has 0 heterocycles. The van der Waals surface area contributed by atoms with Crippen molar-refractivity contribution >= 4 is 0 Å². The predicted octanol–water partition coefficient (Wildman–Crippen LogP) is 3.56. The third kappa shape index (κ3) is 5.21. The summed E-state index contributed by atoms with van der Waals surface area (Å²) in [6.45, 7) is 9.84. The molecule has 0 aliphatic heterocycles. The fraction of sp³-hybridized carbons (Fsp3) is 0.647. The highest BCUT2D eigenvalue weighted by Gasteiger charge is 2.19. The van der Waals surface area contributed by atoms with E-state index >= 15 is 0 Å². The van der Waals surface area contributed by atoms with Gasteiger partial charge in [-0.15, -0.1) is 0 Å². The average molecular weight is 295 g/mol. The van der Waals surface area contributed by atoms with Crippen LogP contribution in [0.25, 0.3) is 0 Å². The number of rotatable bonds is 9. The Hall–Kier alpha value is -1.26. The van der Waals surface area contributed by atoms with E-state index in [-0.39, 0.29) is 11.6 Å². The van der Waals surface area contributed by atoms with E-state index < -0.39 is 0 Å². The van der Waals surface area contributed by atoms with Crippen molar-refractivity contribution in [3.05, 3.63) is 23.8 Å². The summed E-state index contributed by atoms with van der Waals surface area (Å²) in [5.41, 5.74) is 0.892. The van der Waals surface area contributed by atoms with E-state index in [1.165, 1.54) is 0 Å². The second kappa shape index (κ2) is 8.25. The summed E-state index contributed by atoms with van der Waals surface area (Å²) in [4.78, 5) is 0. The highest BCUT2D eigenvalue weighted by Crippen LogP contribution is 2.34. The van der Waals surface area contributed by atoms with Crippen molar-refractivity contribution in [1.82, 2.24) is 5.32 Å². The molecular formula is C17H29NO3. The van der Waals surface area contributed by atoms with Gasteiger partial charge in [0.1, 0.15) is 11.5 Å².